The number of methoxy groups -OCH3 is 2. The van der Waals surface area contributed by atoms with Crippen LogP contribution in [0.15, 0.2) is 63.1 Å². The van der Waals surface area contributed by atoms with E-state index in [1.165, 1.54) is 18.4 Å². The molecule has 31 heavy (non-hydrogen) atoms. The third kappa shape index (κ3) is 4.04. The van der Waals surface area contributed by atoms with E-state index in [0.717, 1.165) is 5.56 Å². The number of hydrogen-bond acceptors (Lipinski definition) is 7. The lowest BCUT2D eigenvalue weighted by Gasteiger charge is -2.13. The third-order valence-corrected chi connectivity index (χ3v) is 5.71. The van der Waals surface area contributed by atoms with Crippen LogP contribution in [0.5, 0.6) is 17.2 Å². The number of benzene rings is 2. The monoisotopic (exact) mass is 436 g/mol. The summed E-state index contributed by atoms with van der Waals surface area (Å²) in [5, 5.41) is 2.20. The molecule has 0 fully saturated rings. The molecule has 2 heterocycles. The van der Waals surface area contributed by atoms with Gasteiger partial charge in [-0.2, -0.15) is 0 Å². The van der Waals surface area contributed by atoms with Crippen molar-refractivity contribution in [1.29, 1.82) is 0 Å². The van der Waals surface area contributed by atoms with Gasteiger partial charge in [-0.15, -0.1) is 11.3 Å². The molecule has 0 atom stereocenters. The number of ether oxygens (including phenoxy) is 3. The lowest BCUT2D eigenvalue weighted by atomic mass is 10.1. The topological polar surface area (TPSA) is 75.0 Å². The summed E-state index contributed by atoms with van der Waals surface area (Å²) in [5.74, 6) is 1.02. The summed E-state index contributed by atoms with van der Waals surface area (Å²) in [4.78, 5) is 26.3. The first-order chi connectivity index (χ1) is 15.0. The molecule has 0 bridgehead atoms. The average molecular weight is 436 g/mol. The van der Waals surface area contributed by atoms with Crippen molar-refractivity contribution in [3.8, 4) is 28.6 Å². The van der Waals surface area contributed by atoms with E-state index in [0.29, 0.717) is 32.9 Å². The van der Waals surface area contributed by atoms with Crippen molar-refractivity contribution in [3.63, 3.8) is 0 Å². The summed E-state index contributed by atoms with van der Waals surface area (Å²) in [5.41, 5.74) is 1.61. The molecule has 0 amide bonds. The van der Waals surface area contributed by atoms with Gasteiger partial charge in [-0.25, -0.2) is 0 Å². The van der Waals surface area contributed by atoms with Gasteiger partial charge in [0.05, 0.1) is 24.5 Å². The standard InChI is InChI=1S/C24H20O6S/c1-14-6-8-16-19(11-14)30-23(15-7-9-18(27-2)20(12-15)28-3)24(22(16)26)29-13-17(25)21-5-4-10-31-21/h4-12H,13H2,1-3H3. The number of hydrogen-bond donors (Lipinski definition) is 0. The first-order valence-electron chi connectivity index (χ1n) is 9.51. The number of ketones is 1. The molecule has 2 aromatic carbocycles. The lowest BCUT2D eigenvalue weighted by molar-refractivity contribution is 0.0924. The third-order valence-electron chi connectivity index (χ3n) is 4.80. The highest BCUT2D eigenvalue weighted by atomic mass is 32.1. The molecular weight excluding hydrogens is 416 g/mol. The minimum Gasteiger partial charge on any atom is -0.493 e. The molecule has 0 aliphatic rings. The van der Waals surface area contributed by atoms with Gasteiger partial charge in [-0.05, 0) is 54.3 Å². The first kappa shape index (κ1) is 20.7. The van der Waals surface area contributed by atoms with E-state index in [-0.39, 0.29) is 29.3 Å². The fourth-order valence-electron chi connectivity index (χ4n) is 3.23. The van der Waals surface area contributed by atoms with Crippen LogP contribution in [0.4, 0.5) is 0 Å². The molecule has 0 saturated heterocycles. The predicted octanol–water partition coefficient (Wildman–Crippen LogP) is 5.11. The van der Waals surface area contributed by atoms with Gasteiger partial charge in [-0.1, -0.05) is 12.1 Å². The molecule has 0 aliphatic heterocycles. The van der Waals surface area contributed by atoms with Crippen molar-refractivity contribution >= 4 is 28.1 Å². The van der Waals surface area contributed by atoms with Crippen LogP contribution in [0.1, 0.15) is 15.2 Å². The second-order valence-electron chi connectivity index (χ2n) is 6.85. The highest BCUT2D eigenvalue weighted by molar-refractivity contribution is 7.12. The second kappa shape index (κ2) is 8.65. The Morgan fingerprint density at radius 2 is 1.84 bits per heavy atom. The highest BCUT2D eigenvalue weighted by Gasteiger charge is 2.21. The number of aryl methyl sites for hydroxylation is 1. The van der Waals surface area contributed by atoms with E-state index in [2.05, 4.69) is 0 Å². The maximum absolute atomic E-state index is 13.3. The number of fused-ring (bicyclic) bond motifs is 1. The second-order valence-corrected chi connectivity index (χ2v) is 7.80. The smallest absolute Gasteiger partial charge is 0.235 e. The van der Waals surface area contributed by atoms with Gasteiger partial charge in [0.15, 0.2) is 23.9 Å². The molecule has 7 heteroatoms. The van der Waals surface area contributed by atoms with Crippen molar-refractivity contribution in [2.45, 2.75) is 6.92 Å². The molecule has 158 valence electrons. The SMILES string of the molecule is COc1ccc(-c2oc3cc(C)ccc3c(=O)c2OCC(=O)c2cccs2)cc1OC. The maximum Gasteiger partial charge on any atom is 0.235 e. The van der Waals surface area contributed by atoms with Gasteiger partial charge < -0.3 is 18.6 Å². The lowest BCUT2D eigenvalue weighted by Crippen LogP contribution is -2.16. The largest absolute Gasteiger partial charge is 0.493 e. The van der Waals surface area contributed by atoms with Gasteiger partial charge in [0.2, 0.25) is 17.0 Å². The van der Waals surface area contributed by atoms with Gasteiger partial charge in [0.25, 0.3) is 0 Å². The summed E-state index contributed by atoms with van der Waals surface area (Å²) < 4.78 is 22.5. The molecule has 4 rings (SSSR count). The Morgan fingerprint density at radius 3 is 2.55 bits per heavy atom. The zero-order chi connectivity index (χ0) is 22.0. The Hall–Kier alpha value is -3.58. The summed E-state index contributed by atoms with van der Waals surface area (Å²) in [6, 6.07) is 14.0. The predicted molar refractivity (Wildman–Crippen MR) is 120 cm³/mol. The Kier molecular flexibility index (Phi) is 5.77. The van der Waals surface area contributed by atoms with E-state index >= 15 is 0 Å². The molecule has 4 aromatic rings. The van der Waals surface area contributed by atoms with E-state index in [1.54, 1.807) is 49.6 Å². The maximum atomic E-state index is 13.3. The minimum atomic E-state index is -0.343. The van der Waals surface area contributed by atoms with Crippen LogP contribution in [0.3, 0.4) is 0 Å². The molecule has 2 aromatic heterocycles. The molecule has 0 radical (unpaired) electrons. The zero-order valence-electron chi connectivity index (χ0n) is 17.3. The normalized spacial score (nSPS) is 10.8. The van der Waals surface area contributed by atoms with Crippen molar-refractivity contribution < 1.29 is 23.4 Å². The van der Waals surface area contributed by atoms with E-state index in [4.69, 9.17) is 18.6 Å². The van der Waals surface area contributed by atoms with Crippen molar-refractivity contribution in [3.05, 3.63) is 74.6 Å². The van der Waals surface area contributed by atoms with Gasteiger partial charge >= 0.3 is 0 Å². The van der Waals surface area contributed by atoms with E-state index in [1.807, 2.05) is 18.4 Å². The van der Waals surface area contributed by atoms with Gasteiger partial charge in [0, 0.05) is 5.56 Å². The molecule has 0 saturated carbocycles. The summed E-state index contributed by atoms with van der Waals surface area (Å²) in [6.07, 6.45) is 0. The van der Waals surface area contributed by atoms with Crippen LogP contribution in [-0.2, 0) is 0 Å². The minimum absolute atomic E-state index is 0.0199. The van der Waals surface area contributed by atoms with Gasteiger partial charge in [0.1, 0.15) is 5.58 Å². The number of Topliss-reactive ketones (excluding diaryl/α,β-unsaturated/α-hetero) is 1. The van der Waals surface area contributed by atoms with Crippen LogP contribution in [0, 0.1) is 6.92 Å². The fourth-order valence-corrected chi connectivity index (χ4v) is 3.88. The molecule has 0 N–H and O–H groups in total. The number of thiophene rings is 1. The zero-order valence-corrected chi connectivity index (χ0v) is 18.1. The molecule has 0 aliphatic carbocycles. The summed E-state index contributed by atoms with van der Waals surface area (Å²) >= 11 is 1.32. The molecule has 0 unspecified atom stereocenters. The van der Waals surface area contributed by atoms with E-state index < -0.39 is 0 Å². The summed E-state index contributed by atoms with van der Waals surface area (Å²) in [6.45, 7) is 1.64. The van der Waals surface area contributed by atoms with Crippen LogP contribution >= 0.6 is 11.3 Å². The quantitative estimate of drug-likeness (QED) is 0.375. The molecule has 6 nitrogen and oxygen atoms in total. The Balaban J connectivity index is 1.85. The number of carbonyl (C=O) groups excluding carboxylic acids is 1. The fraction of sp³-hybridized carbons (Fsp3) is 0.167. The van der Waals surface area contributed by atoms with Crippen molar-refractivity contribution in [2.75, 3.05) is 20.8 Å². The molecule has 0 spiro atoms. The summed E-state index contributed by atoms with van der Waals surface area (Å²) in [7, 11) is 3.07. The Morgan fingerprint density at radius 1 is 1.03 bits per heavy atom. The number of carbonyl (C=O) groups is 1. The van der Waals surface area contributed by atoms with Crippen LogP contribution in [-0.4, -0.2) is 26.6 Å². The Labute approximate surface area is 182 Å². The van der Waals surface area contributed by atoms with Crippen LogP contribution in [0.25, 0.3) is 22.3 Å². The average Bonchev–Trinajstić information content (AvgIpc) is 3.32. The van der Waals surface area contributed by atoms with Crippen molar-refractivity contribution in [1.82, 2.24) is 0 Å². The Bertz CT molecular complexity index is 1300. The van der Waals surface area contributed by atoms with E-state index in [9.17, 15) is 9.59 Å². The highest BCUT2D eigenvalue weighted by Crippen LogP contribution is 2.37. The van der Waals surface area contributed by atoms with Crippen molar-refractivity contribution in [2.24, 2.45) is 0 Å². The first-order valence-corrected chi connectivity index (χ1v) is 10.4. The van der Waals surface area contributed by atoms with Gasteiger partial charge in [-0.3, -0.25) is 9.59 Å². The van der Waals surface area contributed by atoms with Crippen LogP contribution < -0.4 is 19.6 Å². The number of rotatable bonds is 7. The molecular formula is C24H20O6S. The van der Waals surface area contributed by atoms with Crippen LogP contribution in [0.2, 0.25) is 0 Å².